The van der Waals surface area contributed by atoms with Crippen molar-refractivity contribution in [2.24, 2.45) is 0 Å². The van der Waals surface area contributed by atoms with E-state index in [-0.39, 0.29) is 5.82 Å². The van der Waals surface area contributed by atoms with E-state index in [4.69, 9.17) is 0 Å². The Labute approximate surface area is 136 Å². The molecule has 0 aliphatic carbocycles. The van der Waals surface area contributed by atoms with Crippen LogP contribution in [0.3, 0.4) is 0 Å². The van der Waals surface area contributed by atoms with Crippen molar-refractivity contribution < 1.29 is 14.6 Å². The fourth-order valence-electron chi connectivity index (χ4n) is 2.25. The van der Waals surface area contributed by atoms with Crippen molar-refractivity contribution in [2.45, 2.75) is 6.54 Å². The third-order valence-electron chi connectivity index (χ3n) is 3.40. The van der Waals surface area contributed by atoms with Crippen LogP contribution in [0, 0.1) is 0 Å². The van der Waals surface area contributed by atoms with Gasteiger partial charge in [0.15, 0.2) is 17.3 Å². The Kier molecular flexibility index (Phi) is 4.11. The molecule has 0 bridgehead atoms. The van der Waals surface area contributed by atoms with Gasteiger partial charge in [-0.25, -0.2) is 14.8 Å². The van der Waals surface area contributed by atoms with Crippen molar-refractivity contribution in [2.75, 3.05) is 7.11 Å². The Bertz CT molecular complexity index is 931. The molecule has 122 valence electrons. The van der Waals surface area contributed by atoms with Gasteiger partial charge >= 0.3 is 5.97 Å². The molecule has 8 nitrogen and oxygen atoms in total. The number of aromatic amines is 1. The first kappa shape index (κ1) is 15.5. The lowest BCUT2D eigenvalue weighted by Gasteiger charge is -2.09. The molecule has 3 aromatic rings. The molecule has 0 radical (unpaired) electrons. The van der Waals surface area contributed by atoms with Gasteiger partial charge in [-0.1, -0.05) is 30.3 Å². The van der Waals surface area contributed by atoms with E-state index in [1.165, 1.54) is 0 Å². The fourth-order valence-corrected chi connectivity index (χ4v) is 2.25. The highest BCUT2D eigenvalue weighted by atomic mass is 16.5. The van der Waals surface area contributed by atoms with Crippen LogP contribution < -0.4 is 5.56 Å². The molecule has 1 aromatic carbocycles. The highest BCUT2D eigenvalue weighted by molar-refractivity contribution is 5.90. The minimum absolute atomic E-state index is 0.0686. The van der Waals surface area contributed by atoms with Gasteiger partial charge in [0.25, 0.3) is 5.56 Å². The fraction of sp³-hybridized carbons (Fsp3) is 0.125. The van der Waals surface area contributed by atoms with Crippen molar-refractivity contribution in [1.29, 1.82) is 0 Å². The number of ether oxygens (including phenoxy) is 1. The first-order valence-electron chi connectivity index (χ1n) is 7.07. The van der Waals surface area contributed by atoms with Crippen LogP contribution in [-0.4, -0.2) is 37.7 Å². The Morgan fingerprint density at radius 1 is 1.33 bits per heavy atom. The van der Waals surface area contributed by atoms with Gasteiger partial charge in [-0.05, 0) is 5.56 Å². The summed E-state index contributed by atoms with van der Waals surface area (Å²) in [6, 6.07) is 9.66. The van der Waals surface area contributed by atoms with Crippen LogP contribution in [0.5, 0.6) is 5.75 Å². The monoisotopic (exact) mass is 326 g/mol. The summed E-state index contributed by atoms with van der Waals surface area (Å²) in [6.07, 6.45) is 3.29. The van der Waals surface area contributed by atoms with E-state index in [1.807, 2.05) is 30.3 Å². The number of hydrogen-bond donors (Lipinski definition) is 2. The van der Waals surface area contributed by atoms with E-state index < -0.39 is 23.0 Å². The van der Waals surface area contributed by atoms with Crippen LogP contribution in [0.4, 0.5) is 0 Å². The zero-order valence-corrected chi connectivity index (χ0v) is 12.8. The van der Waals surface area contributed by atoms with E-state index in [1.54, 1.807) is 17.0 Å². The standard InChI is InChI=1S/C16H14N4O4/c1-24-16(23)11-12(21)15(22)19-13(18-11)14-17-7-8-20(14)9-10-5-3-2-4-6-10/h2-8,21H,9H2,1H3,(H,18,19,22). The number of aromatic hydroxyl groups is 1. The second-order valence-corrected chi connectivity index (χ2v) is 4.97. The number of esters is 1. The molecular formula is C16H14N4O4. The molecule has 0 saturated carbocycles. The number of hydrogen-bond acceptors (Lipinski definition) is 6. The van der Waals surface area contributed by atoms with E-state index in [0.717, 1.165) is 12.7 Å². The first-order valence-corrected chi connectivity index (χ1v) is 7.07. The lowest BCUT2D eigenvalue weighted by Crippen LogP contribution is -2.17. The average molecular weight is 326 g/mol. The van der Waals surface area contributed by atoms with Crippen LogP contribution in [0.2, 0.25) is 0 Å². The molecule has 3 rings (SSSR count). The lowest BCUT2D eigenvalue weighted by atomic mass is 10.2. The summed E-state index contributed by atoms with van der Waals surface area (Å²) in [5.74, 6) is -1.26. The zero-order valence-electron chi connectivity index (χ0n) is 12.8. The summed E-state index contributed by atoms with van der Waals surface area (Å²) < 4.78 is 6.30. The highest BCUT2D eigenvalue weighted by Gasteiger charge is 2.20. The number of aromatic nitrogens is 4. The van der Waals surface area contributed by atoms with Gasteiger partial charge in [0, 0.05) is 18.9 Å². The molecule has 0 fully saturated rings. The molecule has 0 aliphatic heterocycles. The molecule has 0 aliphatic rings. The second-order valence-electron chi connectivity index (χ2n) is 4.97. The minimum Gasteiger partial charge on any atom is -0.501 e. The maximum atomic E-state index is 11.9. The molecule has 0 unspecified atom stereocenters. The summed E-state index contributed by atoms with van der Waals surface area (Å²) in [6.45, 7) is 0.508. The van der Waals surface area contributed by atoms with E-state index in [9.17, 15) is 14.7 Å². The zero-order chi connectivity index (χ0) is 17.1. The number of carbonyl (C=O) groups is 1. The van der Waals surface area contributed by atoms with Crippen molar-refractivity contribution in [3.8, 4) is 17.4 Å². The van der Waals surface area contributed by atoms with Gasteiger partial charge in [0.05, 0.1) is 7.11 Å². The SMILES string of the molecule is COC(=O)c1nc(-c2nccn2Cc2ccccc2)[nH]c(=O)c1O. The third kappa shape index (κ3) is 2.89. The number of carbonyl (C=O) groups excluding carboxylic acids is 1. The van der Waals surface area contributed by atoms with Crippen LogP contribution in [-0.2, 0) is 11.3 Å². The van der Waals surface area contributed by atoms with E-state index in [2.05, 4.69) is 19.7 Å². The molecule has 0 spiro atoms. The summed E-state index contributed by atoms with van der Waals surface area (Å²) in [5, 5.41) is 9.69. The van der Waals surface area contributed by atoms with Crippen molar-refractivity contribution in [1.82, 2.24) is 19.5 Å². The Hall–Kier alpha value is -3.42. The van der Waals surface area contributed by atoms with Crippen LogP contribution >= 0.6 is 0 Å². The Balaban J connectivity index is 2.05. The molecule has 0 amide bonds. The molecular weight excluding hydrogens is 312 g/mol. The molecule has 24 heavy (non-hydrogen) atoms. The molecule has 2 aromatic heterocycles. The number of methoxy groups -OCH3 is 1. The topological polar surface area (TPSA) is 110 Å². The number of H-pyrrole nitrogens is 1. The largest absolute Gasteiger partial charge is 0.501 e. The third-order valence-corrected chi connectivity index (χ3v) is 3.40. The van der Waals surface area contributed by atoms with Gasteiger partial charge < -0.3 is 19.4 Å². The number of rotatable bonds is 4. The number of nitrogens with zero attached hydrogens (tertiary/aromatic N) is 3. The van der Waals surface area contributed by atoms with Crippen LogP contribution in [0.15, 0.2) is 47.5 Å². The van der Waals surface area contributed by atoms with Crippen molar-refractivity contribution >= 4 is 5.97 Å². The Morgan fingerprint density at radius 2 is 2.08 bits per heavy atom. The van der Waals surface area contributed by atoms with Gasteiger partial charge in [0.1, 0.15) is 0 Å². The van der Waals surface area contributed by atoms with E-state index in [0.29, 0.717) is 12.4 Å². The van der Waals surface area contributed by atoms with Gasteiger partial charge in [-0.3, -0.25) is 4.79 Å². The second kappa shape index (κ2) is 6.37. The lowest BCUT2D eigenvalue weighted by molar-refractivity contribution is 0.0590. The van der Waals surface area contributed by atoms with Crippen LogP contribution in [0.1, 0.15) is 16.1 Å². The summed E-state index contributed by atoms with van der Waals surface area (Å²) in [7, 11) is 1.14. The predicted molar refractivity (Wildman–Crippen MR) is 84.6 cm³/mol. The molecule has 0 atom stereocenters. The van der Waals surface area contributed by atoms with Gasteiger partial charge in [-0.2, -0.15) is 0 Å². The number of imidazole rings is 1. The highest BCUT2D eigenvalue weighted by Crippen LogP contribution is 2.17. The quantitative estimate of drug-likeness (QED) is 0.697. The summed E-state index contributed by atoms with van der Waals surface area (Å²) >= 11 is 0. The summed E-state index contributed by atoms with van der Waals surface area (Å²) in [5.41, 5.74) is -0.258. The normalized spacial score (nSPS) is 10.5. The van der Waals surface area contributed by atoms with Crippen molar-refractivity contribution in [3.63, 3.8) is 0 Å². The predicted octanol–water partition coefficient (Wildman–Crippen LogP) is 1.17. The number of benzene rings is 1. The molecule has 0 saturated heterocycles. The number of nitrogens with one attached hydrogen (secondary N) is 1. The minimum atomic E-state index is -0.902. The summed E-state index contributed by atoms with van der Waals surface area (Å²) in [4.78, 5) is 34.1. The Morgan fingerprint density at radius 3 is 2.79 bits per heavy atom. The van der Waals surface area contributed by atoms with E-state index >= 15 is 0 Å². The molecule has 2 N–H and O–H groups in total. The molecule has 8 heteroatoms. The first-order chi connectivity index (χ1) is 11.6. The molecule has 2 heterocycles. The van der Waals surface area contributed by atoms with Crippen LogP contribution in [0.25, 0.3) is 11.6 Å². The smallest absolute Gasteiger partial charge is 0.360 e. The van der Waals surface area contributed by atoms with Gasteiger partial charge in [0.2, 0.25) is 5.75 Å². The maximum Gasteiger partial charge on any atom is 0.360 e. The van der Waals surface area contributed by atoms with Gasteiger partial charge in [-0.15, -0.1) is 0 Å². The maximum absolute atomic E-state index is 11.9. The average Bonchev–Trinajstić information content (AvgIpc) is 3.05. The van der Waals surface area contributed by atoms with Crippen molar-refractivity contribution in [3.05, 3.63) is 64.3 Å².